The molecule has 1 heterocycles. The van der Waals surface area contributed by atoms with E-state index in [2.05, 4.69) is 33.7 Å². The molecule has 0 saturated carbocycles. The summed E-state index contributed by atoms with van der Waals surface area (Å²) in [6.45, 7) is -0.153. The molecule has 4 aromatic carbocycles. The molecule has 1 aliphatic heterocycles. The Morgan fingerprint density at radius 2 is 1.53 bits per heavy atom. The number of amides is 1. The minimum atomic E-state index is -0.265. The second kappa shape index (κ2) is 9.96. The molecule has 34 heavy (non-hydrogen) atoms. The third-order valence-corrected chi connectivity index (χ3v) is 5.66. The van der Waals surface area contributed by atoms with E-state index in [1.165, 1.54) is 0 Å². The summed E-state index contributed by atoms with van der Waals surface area (Å²) in [6, 6.07) is 34.0. The highest BCUT2D eigenvalue weighted by atomic mass is 16.5. The number of hydrogen-bond donors (Lipinski definition) is 1. The Balaban J connectivity index is 1.25. The number of carbonyl (C=O) groups is 1. The Bertz CT molecular complexity index is 1390. The van der Waals surface area contributed by atoms with Gasteiger partial charge in [-0.15, -0.1) is 5.10 Å². The highest BCUT2D eigenvalue weighted by Crippen LogP contribution is 2.28. The summed E-state index contributed by atoms with van der Waals surface area (Å²) in [7, 11) is 0. The summed E-state index contributed by atoms with van der Waals surface area (Å²) in [4.78, 5) is 12.5. The maximum Gasteiger partial charge on any atom is 0.261 e. The summed E-state index contributed by atoms with van der Waals surface area (Å²) in [6.07, 6.45) is 3.53. The number of carbonyl (C=O) groups excluding carboxylic acids is 1. The molecule has 0 aliphatic carbocycles. The molecular formula is C29H23N3O2. The van der Waals surface area contributed by atoms with Crippen molar-refractivity contribution in [3.63, 3.8) is 0 Å². The van der Waals surface area contributed by atoms with Crippen LogP contribution in [0.5, 0.6) is 0 Å². The molecule has 1 N–H and O–H groups in total. The van der Waals surface area contributed by atoms with Crippen molar-refractivity contribution in [3.05, 3.63) is 126 Å². The van der Waals surface area contributed by atoms with E-state index in [-0.39, 0.29) is 18.4 Å². The van der Waals surface area contributed by atoms with Crippen molar-refractivity contribution in [2.75, 3.05) is 6.61 Å². The van der Waals surface area contributed by atoms with E-state index in [0.29, 0.717) is 5.90 Å². The molecule has 0 bridgehead atoms. The number of benzene rings is 4. The van der Waals surface area contributed by atoms with Crippen LogP contribution in [-0.4, -0.2) is 24.1 Å². The van der Waals surface area contributed by atoms with E-state index >= 15 is 0 Å². The Kier molecular flexibility index (Phi) is 6.25. The zero-order valence-electron chi connectivity index (χ0n) is 18.5. The Hall–Kier alpha value is -4.51. The molecular weight excluding hydrogens is 422 g/mol. The maximum absolute atomic E-state index is 12.5. The number of ether oxygens (including phenoxy) is 1. The van der Waals surface area contributed by atoms with Crippen molar-refractivity contribution in [1.29, 1.82) is 0 Å². The first-order valence-electron chi connectivity index (χ1n) is 11.1. The van der Waals surface area contributed by atoms with Crippen LogP contribution in [0.1, 0.15) is 22.6 Å². The van der Waals surface area contributed by atoms with E-state index in [1.54, 1.807) is 6.20 Å². The summed E-state index contributed by atoms with van der Waals surface area (Å²) in [5.41, 5.74) is 3.82. The van der Waals surface area contributed by atoms with Gasteiger partial charge in [0, 0.05) is 6.20 Å². The van der Waals surface area contributed by atoms with Crippen molar-refractivity contribution >= 4 is 34.4 Å². The lowest BCUT2D eigenvalue weighted by Crippen LogP contribution is -2.28. The van der Waals surface area contributed by atoms with E-state index in [1.807, 2.05) is 91.0 Å². The summed E-state index contributed by atoms with van der Waals surface area (Å²) in [5, 5.41) is 13.7. The lowest BCUT2D eigenvalue weighted by Gasteiger charge is -2.16. The average molecular weight is 446 g/mol. The molecule has 1 atom stereocenters. The highest BCUT2D eigenvalue weighted by molar-refractivity contribution is 6.19. The molecule has 0 saturated heterocycles. The Labute approximate surface area is 198 Å². The first-order valence-corrected chi connectivity index (χ1v) is 11.1. The molecule has 4 aromatic rings. The average Bonchev–Trinajstić information content (AvgIpc) is 3.33. The van der Waals surface area contributed by atoms with Gasteiger partial charge in [-0.05, 0) is 33.5 Å². The SMILES string of the molecule is O=C(COC1=NN=C(c2ccccc2)C1c1ccccc1)N/C=C/c1cccc2ccccc12. The molecule has 0 fully saturated rings. The van der Waals surface area contributed by atoms with E-state index in [4.69, 9.17) is 4.74 Å². The second-order valence-electron chi connectivity index (χ2n) is 7.89. The van der Waals surface area contributed by atoms with Crippen LogP contribution in [0.3, 0.4) is 0 Å². The standard InChI is InChI=1S/C29H23N3O2/c33-26(30-19-18-22-16-9-15-21-10-7-8-17-25(21)22)20-34-29-27(23-11-3-1-4-12-23)28(31-32-29)24-13-5-2-6-14-24/h1-19,27H,20H2,(H,30,33)/b19-18+. The van der Waals surface area contributed by atoms with Gasteiger partial charge >= 0.3 is 0 Å². The molecule has 1 aliphatic rings. The topological polar surface area (TPSA) is 63.0 Å². The number of fused-ring (bicyclic) bond motifs is 1. The number of hydrogen-bond acceptors (Lipinski definition) is 4. The predicted octanol–water partition coefficient (Wildman–Crippen LogP) is 5.54. The largest absolute Gasteiger partial charge is 0.469 e. The molecule has 166 valence electrons. The quantitative estimate of drug-likeness (QED) is 0.423. The van der Waals surface area contributed by atoms with Crippen LogP contribution in [0.15, 0.2) is 120 Å². The molecule has 1 amide bonds. The van der Waals surface area contributed by atoms with Gasteiger partial charge in [0.05, 0.1) is 5.71 Å². The van der Waals surface area contributed by atoms with Crippen LogP contribution in [0.25, 0.3) is 16.8 Å². The monoisotopic (exact) mass is 445 g/mol. The van der Waals surface area contributed by atoms with Crippen molar-refractivity contribution in [3.8, 4) is 0 Å². The lowest BCUT2D eigenvalue weighted by atomic mass is 9.90. The Morgan fingerprint density at radius 3 is 2.35 bits per heavy atom. The fourth-order valence-electron chi connectivity index (χ4n) is 4.03. The molecule has 5 heteroatoms. The normalized spacial score (nSPS) is 15.2. The number of nitrogens with one attached hydrogen (secondary N) is 1. The molecule has 0 aromatic heterocycles. The third kappa shape index (κ3) is 4.64. The summed E-state index contributed by atoms with van der Waals surface area (Å²) in [5.74, 6) is -0.111. The summed E-state index contributed by atoms with van der Waals surface area (Å²) < 4.78 is 5.85. The van der Waals surface area contributed by atoms with Crippen LogP contribution < -0.4 is 5.32 Å². The highest BCUT2D eigenvalue weighted by Gasteiger charge is 2.31. The predicted molar refractivity (Wildman–Crippen MR) is 137 cm³/mol. The van der Waals surface area contributed by atoms with Gasteiger partial charge in [0.15, 0.2) is 6.61 Å². The zero-order chi connectivity index (χ0) is 23.2. The van der Waals surface area contributed by atoms with Crippen LogP contribution >= 0.6 is 0 Å². The first kappa shape index (κ1) is 21.3. The third-order valence-electron chi connectivity index (χ3n) is 5.66. The van der Waals surface area contributed by atoms with Crippen molar-refractivity contribution in [1.82, 2.24) is 5.32 Å². The minimum Gasteiger partial charge on any atom is -0.469 e. The van der Waals surface area contributed by atoms with Gasteiger partial charge in [0.25, 0.3) is 5.91 Å². The van der Waals surface area contributed by atoms with Crippen LogP contribution in [-0.2, 0) is 9.53 Å². The van der Waals surface area contributed by atoms with Crippen LogP contribution in [0.4, 0.5) is 0 Å². The smallest absolute Gasteiger partial charge is 0.261 e. The molecule has 0 spiro atoms. The van der Waals surface area contributed by atoms with Crippen molar-refractivity contribution < 1.29 is 9.53 Å². The lowest BCUT2D eigenvalue weighted by molar-refractivity contribution is -0.122. The van der Waals surface area contributed by atoms with Gasteiger partial charge in [-0.2, -0.15) is 5.10 Å². The van der Waals surface area contributed by atoms with Gasteiger partial charge < -0.3 is 10.1 Å². The van der Waals surface area contributed by atoms with Gasteiger partial charge in [0.2, 0.25) is 5.90 Å². The molecule has 0 radical (unpaired) electrons. The van der Waals surface area contributed by atoms with Gasteiger partial charge in [-0.3, -0.25) is 4.79 Å². The molecule has 5 rings (SSSR count). The van der Waals surface area contributed by atoms with E-state index < -0.39 is 0 Å². The summed E-state index contributed by atoms with van der Waals surface area (Å²) >= 11 is 0. The van der Waals surface area contributed by atoms with Crippen LogP contribution in [0.2, 0.25) is 0 Å². The van der Waals surface area contributed by atoms with E-state index in [0.717, 1.165) is 33.2 Å². The van der Waals surface area contributed by atoms with Crippen molar-refractivity contribution in [2.24, 2.45) is 10.2 Å². The number of nitrogens with zero attached hydrogens (tertiary/aromatic N) is 2. The van der Waals surface area contributed by atoms with Gasteiger partial charge in [-0.1, -0.05) is 103 Å². The first-order chi connectivity index (χ1) is 16.8. The molecule has 5 nitrogen and oxygen atoms in total. The Morgan fingerprint density at radius 1 is 0.824 bits per heavy atom. The molecule has 1 unspecified atom stereocenters. The minimum absolute atomic E-state index is 0.153. The zero-order valence-corrected chi connectivity index (χ0v) is 18.5. The van der Waals surface area contributed by atoms with E-state index in [9.17, 15) is 4.79 Å². The van der Waals surface area contributed by atoms with Crippen LogP contribution in [0, 0.1) is 0 Å². The second-order valence-corrected chi connectivity index (χ2v) is 7.89. The van der Waals surface area contributed by atoms with Crippen molar-refractivity contribution in [2.45, 2.75) is 5.92 Å². The fourth-order valence-corrected chi connectivity index (χ4v) is 4.03. The maximum atomic E-state index is 12.5. The fraction of sp³-hybridized carbons (Fsp3) is 0.0690. The number of rotatable bonds is 6. The van der Waals surface area contributed by atoms with Gasteiger partial charge in [-0.25, -0.2) is 0 Å². The van der Waals surface area contributed by atoms with Gasteiger partial charge in [0.1, 0.15) is 5.92 Å².